The number of hydrogen-bond acceptors (Lipinski definition) is 4. The van der Waals surface area contributed by atoms with E-state index in [-0.39, 0.29) is 5.75 Å². The molecule has 2 fully saturated rings. The third-order valence-electron chi connectivity index (χ3n) is 5.90. The van der Waals surface area contributed by atoms with Crippen molar-refractivity contribution in [1.82, 2.24) is 4.98 Å². The topological polar surface area (TPSA) is 66.5 Å². The number of urea groups is 1. The molecular formula is C22H25F3N4O2. The molecule has 2 aromatic rings. The van der Waals surface area contributed by atoms with E-state index in [1.165, 1.54) is 37.8 Å². The monoisotopic (exact) mass is 434 g/mol. The Kier molecular flexibility index (Phi) is 6.20. The third kappa shape index (κ3) is 5.39. The van der Waals surface area contributed by atoms with E-state index < -0.39 is 12.4 Å². The molecule has 6 nitrogen and oxygen atoms in total. The van der Waals surface area contributed by atoms with Gasteiger partial charge in [0.2, 0.25) is 0 Å². The molecule has 1 saturated heterocycles. The van der Waals surface area contributed by atoms with E-state index >= 15 is 0 Å². The number of nitrogens with one attached hydrogen (secondary N) is 2. The van der Waals surface area contributed by atoms with Gasteiger partial charge in [-0.05, 0) is 68.0 Å². The lowest BCUT2D eigenvalue weighted by atomic mass is 9.78. The molecule has 2 aliphatic rings. The van der Waals surface area contributed by atoms with Gasteiger partial charge in [0, 0.05) is 24.5 Å². The lowest BCUT2D eigenvalue weighted by Gasteiger charge is -2.45. The molecule has 2 unspecified atom stereocenters. The standard InChI is InChI=1S/C22H25F3N4O2/c23-22(24,25)31-17-11-9-16(10-12-17)27-21(30)28-18-7-3-13-26-20(18)29-14-4-6-15-5-1-2-8-19(15)29/h3,7,9-13,15,19H,1-2,4-6,8,14H2,(H2,27,28,30). The first kappa shape index (κ1) is 21.3. The van der Waals surface area contributed by atoms with Crippen molar-refractivity contribution in [3.63, 3.8) is 0 Å². The van der Waals surface area contributed by atoms with Gasteiger partial charge in [-0.2, -0.15) is 0 Å². The first-order chi connectivity index (χ1) is 14.9. The van der Waals surface area contributed by atoms with Gasteiger partial charge in [0.1, 0.15) is 5.75 Å². The van der Waals surface area contributed by atoms with Crippen molar-refractivity contribution in [3.8, 4) is 5.75 Å². The Labute approximate surface area is 178 Å². The molecule has 1 aromatic carbocycles. The molecule has 2 N–H and O–H groups in total. The van der Waals surface area contributed by atoms with E-state index in [0.29, 0.717) is 23.3 Å². The molecule has 0 radical (unpaired) electrons. The first-order valence-electron chi connectivity index (χ1n) is 10.5. The number of carbonyl (C=O) groups is 1. The number of halogens is 3. The number of benzene rings is 1. The summed E-state index contributed by atoms with van der Waals surface area (Å²) < 4.78 is 40.7. The van der Waals surface area contributed by atoms with Gasteiger partial charge in [0.05, 0.1) is 5.69 Å². The summed E-state index contributed by atoms with van der Waals surface area (Å²) in [6.45, 7) is 0.912. The molecule has 0 spiro atoms. The summed E-state index contributed by atoms with van der Waals surface area (Å²) in [7, 11) is 0. The second-order valence-electron chi connectivity index (χ2n) is 7.97. The molecule has 0 bridgehead atoms. The van der Waals surface area contributed by atoms with E-state index in [9.17, 15) is 18.0 Å². The quantitative estimate of drug-likeness (QED) is 0.640. The van der Waals surface area contributed by atoms with Gasteiger partial charge in [0.25, 0.3) is 0 Å². The number of fused-ring (bicyclic) bond motifs is 1. The Morgan fingerprint density at radius 3 is 2.55 bits per heavy atom. The summed E-state index contributed by atoms with van der Waals surface area (Å²) in [6, 6.07) is 8.53. The summed E-state index contributed by atoms with van der Waals surface area (Å²) in [4.78, 5) is 19.4. The molecule has 2 heterocycles. The summed E-state index contributed by atoms with van der Waals surface area (Å²) in [5.74, 6) is 1.09. The fourth-order valence-electron chi connectivity index (χ4n) is 4.64. The molecule has 1 aromatic heterocycles. The second-order valence-corrected chi connectivity index (χ2v) is 7.97. The fourth-order valence-corrected chi connectivity index (χ4v) is 4.64. The van der Waals surface area contributed by atoms with Crippen LogP contribution in [0.4, 0.5) is 35.2 Å². The summed E-state index contributed by atoms with van der Waals surface area (Å²) in [6.07, 6.45) is 4.18. The summed E-state index contributed by atoms with van der Waals surface area (Å²) in [5.41, 5.74) is 0.964. The number of piperidine rings is 1. The minimum atomic E-state index is -4.76. The fraction of sp³-hybridized carbons (Fsp3) is 0.455. The van der Waals surface area contributed by atoms with Gasteiger partial charge in [-0.3, -0.25) is 0 Å². The molecule has 1 aliphatic carbocycles. The predicted octanol–water partition coefficient (Wildman–Crippen LogP) is 5.78. The molecule has 4 rings (SSSR count). The number of anilines is 3. The van der Waals surface area contributed by atoms with E-state index in [2.05, 4.69) is 25.3 Å². The van der Waals surface area contributed by atoms with Gasteiger partial charge in [-0.1, -0.05) is 12.8 Å². The number of aromatic nitrogens is 1. The summed E-state index contributed by atoms with van der Waals surface area (Å²) >= 11 is 0. The van der Waals surface area contributed by atoms with Crippen LogP contribution in [0.15, 0.2) is 42.6 Å². The number of pyridine rings is 1. The molecular weight excluding hydrogens is 409 g/mol. The molecule has 9 heteroatoms. The van der Waals surface area contributed by atoms with Crippen molar-refractivity contribution in [2.45, 2.75) is 50.9 Å². The van der Waals surface area contributed by atoms with Crippen LogP contribution >= 0.6 is 0 Å². The maximum absolute atomic E-state index is 12.5. The molecule has 31 heavy (non-hydrogen) atoms. The van der Waals surface area contributed by atoms with E-state index in [0.717, 1.165) is 37.3 Å². The molecule has 1 saturated carbocycles. The highest BCUT2D eigenvalue weighted by Crippen LogP contribution is 2.39. The smallest absolute Gasteiger partial charge is 0.406 e. The number of hydrogen-bond donors (Lipinski definition) is 2. The summed E-state index contributed by atoms with van der Waals surface area (Å²) in [5, 5.41) is 5.47. The van der Waals surface area contributed by atoms with Crippen molar-refractivity contribution in [1.29, 1.82) is 0 Å². The SMILES string of the molecule is O=C(Nc1ccc(OC(F)(F)F)cc1)Nc1cccnc1N1CCCC2CCCCC21. The number of carbonyl (C=O) groups excluding carboxylic acids is 1. The highest BCUT2D eigenvalue weighted by Gasteiger charge is 2.35. The maximum Gasteiger partial charge on any atom is 0.573 e. The molecule has 1 aliphatic heterocycles. The number of rotatable bonds is 4. The minimum absolute atomic E-state index is 0.347. The van der Waals surface area contributed by atoms with Crippen LogP contribution in [0, 0.1) is 5.92 Å². The molecule has 2 atom stereocenters. The number of ether oxygens (including phenoxy) is 1. The van der Waals surface area contributed by atoms with Crippen LogP contribution in [0.3, 0.4) is 0 Å². The Morgan fingerprint density at radius 2 is 1.77 bits per heavy atom. The van der Waals surface area contributed by atoms with Gasteiger partial charge in [0.15, 0.2) is 5.82 Å². The maximum atomic E-state index is 12.5. The van der Waals surface area contributed by atoms with Gasteiger partial charge >= 0.3 is 12.4 Å². The average Bonchev–Trinajstić information content (AvgIpc) is 2.74. The van der Waals surface area contributed by atoms with Crippen LogP contribution < -0.4 is 20.3 Å². The van der Waals surface area contributed by atoms with Crippen LogP contribution in [0.5, 0.6) is 5.75 Å². The van der Waals surface area contributed by atoms with Crippen LogP contribution in [0.2, 0.25) is 0 Å². The van der Waals surface area contributed by atoms with Crippen LogP contribution in [-0.2, 0) is 0 Å². The highest BCUT2D eigenvalue weighted by molar-refractivity contribution is 6.01. The zero-order valence-corrected chi connectivity index (χ0v) is 17.0. The van der Waals surface area contributed by atoms with Crippen molar-refractivity contribution in [3.05, 3.63) is 42.6 Å². The van der Waals surface area contributed by atoms with Crippen molar-refractivity contribution in [2.75, 3.05) is 22.1 Å². The van der Waals surface area contributed by atoms with Crippen LogP contribution in [0.1, 0.15) is 38.5 Å². The van der Waals surface area contributed by atoms with Crippen molar-refractivity contribution in [2.24, 2.45) is 5.92 Å². The first-order valence-corrected chi connectivity index (χ1v) is 10.5. The second kappa shape index (κ2) is 9.03. The lowest BCUT2D eigenvalue weighted by molar-refractivity contribution is -0.274. The number of alkyl halides is 3. The van der Waals surface area contributed by atoms with Crippen molar-refractivity contribution < 1.29 is 22.7 Å². The Morgan fingerprint density at radius 1 is 1.03 bits per heavy atom. The number of amides is 2. The van der Waals surface area contributed by atoms with Crippen LogP contribution in [0.25, 0.3) is 0 Å². The van der Waals surface area contributed by atoms with E-state index in [4.69, 9.17) is 0 Å². The zero-order valence-electron chi connectivity index (χ0n) is 17.0. The zero-order chi connectivity index (χ0) is 21.8. The largest absolute Gasteiger partial charge is 0.573 e. The van der Waals surface area contributed by atoms with E-state index in [1.54, 1.807) is 12.3 Å². The normalized spacial score (nSPS) is 21.2. The minimum Gasteiger partial charge on any atom is -0.406 e. The van der Waals surface area contributed by atoms with Crippen LogP contribution in [-0.4, -0.2) is 30.0 Å². The average molecular weight is 434 g/mol. The number of nitrogens with zero attached hydrogens (tertiary/aromatic N) is 2. The van der Waals surface area contributed by atoms with Gasteiger partial charge < -0.3 is 20.3 Å². The third-order valence-corrected chi connectivity index (χ3v) is 5.90. The molecule has 166 valence electrons. The van der Waals surface area contributed by atoms with Gasteiger partial charge in [-0.25, -0.2) is 9.78 Å². The Bertz CT molecular complexity index is 902. The lowest BCUT2D eigenvalue weighted by Crippen LogP contribution is -2.47. The predicted molar refractivity (Wildman–Crippen MR) is 112 cm³/mol. The molecule has 2 amide bonds. The Balaban J connectivity index is 1.43. The highest BCUT2D eigenvalue weighted by atomic mass is 19.4. The Hall–Kier alpha value is -2.97. The van der Waals surface area contributed by atoms with Crippen molar-refractivity contribution >= 4 is 23.2 Å². The van der Waals surface area contributed by atoms with Gasteiger partial charge in [-0.15, -0.1) is 13.2 Å². The van der Waals surface area contributed by atoms with E-state index in [1.807, 2.05) is 6.07 Å².